The van der Waals surface area contributed by atoms with E-state index in [1.807, 2.05) is 79.7 Å². The first-order valence-electron chi connectivity index (χ1n) is 14.5. The van der Waals surface area contributed by atoms with Gasteiger partial charge in [-0.2, -0.15) is 0 Å². The van der Waals surface area contributed by atoms with Gasteiger partial charge in [-0.15, -0.1) is 0 Å². The number of hydrogen-bond donors (Lipinski definition) is 1. The molecule has 0 radical (unpaired) electrons. The number of sulfonamides is 1. The number of carbonyl (C=O) groups is 2. The van der Waals surface area contributed by atoms with Crippen molar-refractivity contribution < 1.29 is 18.0 Å². The van der Waals surface area contributed by atoms with Crippen LogP contribution in [-0.4, -0.2) is 50.0 Å². The summed E-state index contributed by atoms with van der Waals surface area (Å²) >= 11 is 3.53. The molecule has 0 heterocycles. The van der Waals surface area contributed by atoms with Gasteiger partial charge in [0.2, 0.25) is 21.8 Å². The molecule has 3 aromatic carbocycles. The zero-order chi connectivity index (χ0) is 30.1. The molecule has 1 aliphatic rings. The van der Waals surface area contributed by atoms with Crippen LogP contribution in [0.1, 0.15) is 55.2 Å². The van der Waals surface area contributed by atoms with Crippen molar-refractivity contribution in [3.05, 3.63) is 100 Å². The lowest BCUT2D eigenvalue weighted by molar-refractivity contribution is -0.141. The highest BCUT2D eigenvalue weighted by Gasteiger charge is 2.32. The topological polar surface area (TPSA) is 86.8 Å². The van der Waals surface area contributed by atoms with Crippen LogP contribution in [0.2, 0.25) is 0 Å². The van der Waals surface area contributed by atoms with Gasteiger partial charge in [-0.05, 0) is 61.1 Å². The van der Waals surface area contributed by atoms with Gasteiger partial charge < -0.3 is 10.2 Å². The number of para-hydroxylation sites is 1. The van der Waals surface area contributed by atoms with E-state index in [9.17, 15) is 18.0 Å². The van der Waals surface area contributed by atoms with E-state index < -0.39 is 16.1 Å². The third kappa shape index (κ3) is 8.91. The molecule has 2 amide bonds. The smallest absolute Gasteiger partial charge is 0.243 e. The van der Waals surface area contributed by atoms with Gasteiger partial charge in [-0.3, -0.25) is 13.9 Å². The Hall–Kier alpha value is -3.17. The number of hydrogen-bond acceptors (Lipinski definition) is 4. The number of carbonyl (C=O) groups excluding carboxylic acids is 2. The zero-order valence-corrected chi connectivity index (χ0v) is 26.7. The van der Waals surface area contributed by atoms with Gasteiger partial charge in [0.1, 0.15) is 6.04 Å². The van der Waals surface area contributed by atoms with Crippen LogP contribution >= 0.6 is 15.9 Å². The fourth-order valence-electron chi connectivity index (χ4n) is 5.58. The summed E-state index contributed by atoms with van der Waals surface area (Å²) in [6, 6.07) is 24.2. The lowest BCUT2D eigenvalue weighted by Crippen LogP contribution is -2.52. The fraction of sp³-hybridized carbons (Fsp3) is 0.394. The Morgan fingerprint density at radius 2 is 1.62 bits per heavy atom. The average Bonchev–Trinajstić information content (AvgIpc) is 3.46. The highest BCUT2D eigenvalue weighted by Crippen LogP contribution is 2.24. The summed E-state index contributed by atoms with van der Waals surface area (Å²) in [5, 5.41) is 3.22. The largest absolute Gasteiger partial charge is 0.352 e. The van der Waals surface area contributed by atoms with Crippen molar-refractivity contribution in [2.75, 3.05) is 17.1 Å². The first-order valence-corrected chi connectivity index (χ1v) is 17.2. The van der Waals surface area contributed by atoms with E-state index in [1.165, 1.54) is 10.6 Å². The first-order chi connectivity index (χ1) is 20.1. The Morgan fingerprint density at radius 1 is 0.952 bits per heavy atom. The van der Waals surface area contributed by atoms with E-state index in [0.717, 1.165) is 46.8 Å². The number of halogens is 1. The third-order valence-electron chi connectivity index (χ3n) is 7.75. The number of amides is 2. The Labute approximate surface area is 258 Å². The summed E-state index contributed by atoms with van der Waals surface area (Å²) in [5.41, 5.74) is 3.33. The van der Waals surface area contributed by atoms with Gasteiger partial charge in [-0.1, -0.05) is 89.4 Å². The van der Waals surface area contributed by atoms with Gasteiger partial charge in [0, 0.05) is 36.4 Å². The summed E-state index contributed by atoms with van der Waals surface area (Å²) in [5.74, 6) is -0.331. The SMILES string of the molecule is Cc1ccccc1N(CCCC(=O)N(Cc1cccc(Br)c1)C(Cc1ccccc1)C(=O)NC1CCCC1)S(C)(=O)=O. The van der Waals surface area contributed by atoms with E-state index in [0.29, 0.717) is 18.5 Å². The van der Waals surface area contributed by atoms with Crippen molar-refractivity contribution in [2.24, 2.45) is 0 Å². The van der Waals surface area contributed by atoms with E-state index in [4.69, 9.17) is 0 Å². The number of nitrogens with one attached hydrogen (secondary N) is 1. The van der Waals surface area contributed by atoms with Gasteiger partial charge in [0.25, 0.3) is 0 Å². The summed E-state index contributed by atoms with van der Waals surface area (Å²) < 4.78 is 27.7. The molecule has 1 aliphatic carbocycles. The molecule has 0 saturated heterocycles. The number of benzene rings is 3. The molecule has 0 spiro atoms. The van der Waals surface area contributed by atoms with Crippen LogP contribution in [0.15, 0.2) is 83.3 Å². The fourth-order valence-corrected chi connectivity index (χ4v) is 7.05. The minimum atomic E-state index is -3.56. The molecule has 7 nitrogen and oxygen atoms in total. The van der Waals surface area contributed by atoms with Crippen molar-refractivity contribution in [1.29, 1.82) is 0 Å². The van der Waals surface area contributed by atoms with Crippen LogP contribution in [0.25, 0.3) is 0 Å². The third-order valence-corrected chi connectivity index (χ3v) is 9.42. The van der Waals surface area contributed by atoms with Gasteiger partial charge in [0.05, 0.1) is 11.9 Å². The maximum atomic E-state index is 14.0. The lowest BCUT2D eigenvalue weighted by atomic mass is 10.0. The molecule has 4 rings (SSSR count). The van der Waals surface area contributed by atoms with Crippen LogP contribution in [0.4, 0.5) is 5.69 Å². The molecule has 0 bridgehead atoms. The minimum absolute atomic E-state index is 0.105. The monoisotopic (exact) mass is 653 g/mol. The van der Waals surface area contributed by atoms with Crippen LogP contribution < -0.4 is 9.62 Å². The molecular formula is C33H40BrN3O4S. The molecule has 1 fully saturated rings. The highest BCUT2D eigenvalue weighted by molar-refractivity contribution is 9.10. The summed E-state index contributed by atoms with van der Waals surface area (Å²) in [4.78, 5) is 29.5. The normalized spacial score (nSPS) is 14.4. The molecular weight excluding hydrogens is 614 g/mol. The average molecular weight is 655 g/mol. The lowest BCUT2D eigenvalue weighted by Gasteiger charge is -2.33. The molecule has 1 atom stereocenters. The second-order valence-corrected chi connectivity index (χ2v) is 13.9. The molecule has 3 aromatic rings. The molecule has 42 heavy (non-hydrogen) atoms. The van der Waals surface area contributed by atoms with Gasteiger partial charge >= 0.3 is 0 Å². The van der Waals surface area contributed by atoms with Crippen molar-refractivity contribution in [2.45, 2.75) is 70.5 Å². The van der Waals surface area contributed by atoms with Crippen molar-refractivity contribution in [1.82, 2.24) is 10.2 Å². The predicted octanol–water partition coefficient (Wildman–Crippen LogP) is 6.00. The molecule has 1 unspecified atom stereocenters. The van der Waals surface area contributed by atoms with Crippen LogP contribution in [0, 0.1) is 6.92 Å². The summed E-state index contributed by atoms with van der Waals surface area (Å²) in [6.45, 7) is 2.30. The highest BCUT2D eigenvalue weighted by atomic mass is 79.9. The number of rotatable bonds is 13. The van der Waals surface area contributed by atoms with E-state index in [1.54, 1.807) is 11.0 Å². The minimum Gasteiger partial charge on any atom is -0.352 e. The Kier molecular flexibility index (Phi) is 11.2. The Bertz CT molecular complexity index is 1460. The summed E-state index contributed by atoms with van der Waals surface area (Å²) in [6.07, 6.45) is 6.07. The Morgan fingerprint density at radius 3 is 2.29 bits per heavy atom. The van der Waals surface area contributed by atoms with E-state index in [2.05, 4.69) is 21.2 Å². The Balaban J connectivity index is 1.59. The number of nitrogens with zero attached hydrogens (tertiary/aromatic N) is 2. The standard InChI is InChI=1S/C33H40BrN3O4S/c1-25-12-6-9-19-30(25)37(42(2,40)41)21-11-20-32(38)36(24-27-15-10-16-28(34)22-27)31(23-26-13-4-3-5-14-26)33(39)35-29-17-7-8-18-29/h3-6,9-10,12-16,19,22,29,31H,7-8,11,17-18,20-21,23-24H2,1-2H3,(H,35,39). The second-order valence-electron chi connectivity index (χ2n) is 11.1. The van der Waals surface area contributed by atoms with Crippen molar-refractivity contribution >= 4 is 43.5 Å². The van der Waals surface area contributed by atoms with Crippen LogP contribution in [0.5, 0.6) is 0 Å². The molecule has 224 valence electrons. The molecule has 1 saturated carbocycles. The van der Waals surface area contributed by atoms with Crippen LogP contribution in [-0.2, 0) is 32.6 Å². The van der Waals surface area contributed by atoms with Crippen molar-refractivity contribution in [3.63, 3.8) is 0 Å². The molecule has 9 heteroatoms. The quantitative estimate of drug-likeness (QED) is 0.245. The second kappa shape index (κ2) is 14.8. The first kappa shape index (κ1) is 31.8. The number of anilines is 1. The van der Waals surface area contributed by atoms with E-state index >= 15 is 0 Å². The number of aryl methyl sites for hydroxylation is 1. The predicted molar refractivity (Wildman–Crippen MR) is 172 cm³/mol. The molecule has 1 N–H and O–H groups in total. The molecule has 0 aromatic heterocycles. The van der Waals surface area contributed by atoms with Gasteiger partial charge in [0.15, 0.2) is 0 Å². The summed E-state index contributed by atoms with van der Waals surface area (Å²) in [7, 11) is -3.56. The van der Waals surface area contributed by atoms with Crippen molar-refractivity contribution in [3.8, 4) is 0 Å². The van der Waals surface area contributed by atoms with E-state index in [-0.39, 0.29) is 37.4 Å². The zero-order valence-electron chi connectivity index (χ0n) is 24.3. The maximum absolute atomic E-state index is 14.0. The van der Waals surface area contributed by atoms with Crippen LogP contribution in [0.3, 0.4) is 0 Å². The molecule has 0 aliphatic heterocycles. The van der Waals surface area contributed by atoms with Gasteiger partial charge in [-0.25, -0.2) is 8.42 Å². The maximum Gasteiger partial charge on any atom is 0.243 e.